The summed E-state index contributed by atoms with van der Waals surface area (Å²) in [4.78, 5) is 22.3. The van der Waals surface area contributed by atoms with Gasteiger partial charge in [-0.2, -0.15) is 0 Å². The second kappa shape index (κ2) is 14.9. The summed E-state index contributed by atoms with van der Waals surface area (Å²) in [5.41, 5.74) is 0.715. The Balaban J connectivity index is 1.67. The van der Waals surface area contributed by atoms with Crippen LogP contribution in [0.1, 0.15) is 78.6 Å². The van der Waals surface area contributed by atoms with E-state index in [2.05, 4.69) is 0 Å². The topological polar surface area (TPSA) is 123 Å². The summed E-state index contributed by atoms with van der Waals surface area (Å²) in [6.45, 7) is 6.26. The molecular weight excluding hydrogens is 440 g/mol. The van der Waals surface area contributed by atoms with Gasteiger partial charge < -0.3 is 34.3 Å². The second-order valence-electron chi connectivity index (χ2n) is 10.0. The summed E-state index contributed by atoms with van der Waals surface area (Å²) < 4.78 is 16.9. The Labute approximate surface area is 203 Å². The first kappa shape index (κ1) is 28.9. The number of unbranched alkanes of at least 4 members (excludes halogenated alkanes) is 6. The average Bonchev–Trinajstić information content (AvgIpc) is 3.04. The van der Waals surface area contributed by atoms with Crippen LogP contribution >= 0.6 is 0 Å². The number of hydrogen-bond acceptors (Lipinski definition) is 8. The van der Waals surface area contributed by atoms with E-state index in [1.165, 1.54) is 6.08 Å². The number of aliphatic hydroxyl groups is 3. The van der Waals surface area contributed by atoms with Crippen LogP contribution in [-0.2, 0) is 23.8 Å². The van der Waals surface area contributed by atoms with Crippen LogP contribution in [0.5, 0.6) is 0 Å². The molecule has 2 aliphatic heterocycles. The molecule has 2 saturated heterocycles. The minimum Gasteiger partial charge on any atom is -0.463 e. The van der Waals surface area contributed by atoms with Crippen LogP contribution < -0.4 is 0 Å². The van der Waals surface area contributed by atoms with E-state index in [1.54, 1.807) is 6.92 Å². The molecule has 0 aromatic rings. The lowest BCUT2D eigenvalue weighted by atomic mass is 9.84. The fourth-order valence-electron chi connectivity index (χ4n) is 4.75. The first-order chi connectivity index (χ1) is 16.2. The third-order valence-electron chi connectivity index (χ3n) is 7.17. The number of rotatable bonds is 14. The lowest BCUT2D eigenvalue weighted by Crippen LogP contribution is -2.51. The van der Waals surface area contributed by atoms with E-state index in [4.69, 9.17) is 14.2 Å². The molecule has 0 amide bonds. The fourth-order valence-corrected chi connectivity index (χ4v) is 4.75. The number of carbonyl (C=O) groups is 2. The summed E-state index contributed by atoms with van der Waals surface area (Å²) >= 11 is 0. The number of hydrogen-bond donors (Lipinski definition) is 3. The van der Waals surface area contributed by atoms with Crippen molar-refractivity contribution in [1.82, 2.24) is 0 Å². The van der Waals surface area contributed by atoms with Crippen molar-refractivity contribution in [3.8, 4) is 0 Å². The SMILES string of the molecule is C/C(=C\C(=O)OCCCCCCCCC=O)C[C@@H]1OC[C@H](CC2OC(C)C(C)C2O)[C@@H](O)[C@H]1O. The third kappa shape index (κ3) is 9.04. The molecular formula is C26H44O8. The second-order valence-corrected chi connectivity index (χ2v) is 10.0. The van der Waals surface area contributed by atoms with Gasteiger partial charge in [0.15, 0.2) is 0 Å². The van der Waals surface area contributed by atoms with Crippen LogP contribution in [0.15, 0.2) is 11.6 Å². The van der Waals surface area contributed by atoms with Crippen molar-refractivity contribution >= 4 is 12.3 Å². The van der Waals surface area contributed by atoms with E-state index >= 15 is 0 Å². The maximum absolute atomic E-state index is 12.1. The highest BCUT2D eigenvalue weighted by Crippen LogP contribution is 2.34. The molecule has 4 unspecified atom stereocenters. The van der Waals surface area contributed by atoms with E-state index in [0.29, 0.717) is 31.4 Å². The molecule has 2 aliphatic rings. The highest BCUT2D eigenvalue weighted by Gasteiger charge is 2.44. The van der Waals surface area contributed by atoms with Gasteiger partial charge in [-0.25, -0.2) is 4.79 Å². The number of aldehydes is 1. The van der Waals surface area contributed by atoms with Crippen LogP contribution in [0, 0.1) is 11.8 Å². The van der Waals surface area contributed by atoms with Gasteiger partial charge in [-0.15, -0.1) is 0 Å². The predicted molar refractivity (Wildman–Crippen MR) is 127 cm³/mol. The highest BCUT2D eigenvalue weighted by molar-refractivity contribution is 5.82. The molecule has 0 saturated carbocycles. The van der Waals surface area contributed by atoms with Crippen LogP contribution in [0.4, 0.5) is 0 Å². The van der Waals surface area contributed by atoms with Crippen molar-refractivity contribution in [3.05, 3.63) is 11.6 Å². The molecule has 196 valence electrons. The largest absolute Gasteiger partial charge is 0.463 e. The number of ether oxygens (including phenoxy) is 3. The van der Waals surface area contributed by atoms with Crippen LogP contribution in [0.2, 0.25) is 0 Å². The van der Waals surface area contributed by atoms with Crippen molar-refractivity contribution < 1.29 is 39.1 Å². The molecule has 0 radical (unpaired) electrons. The zero-order valence-corrected chi connectivity index (χ0v) is 20.9. The molecule has 2 rings (SSSR count). The molecule has 0 bridgehead atoms. The first-order valence-electron chi connectivity index (χ1n) is 12.8. The molecule has 2 fully saturated rings. The van der Waals surface area contributed by atoms with Crippen molar-refractivity contribution in [2.75, 3.05) is 13.2 Å². The van der Waals surface area contributed by atoms with Gasteiger partial charge in [-0.05, 0) is 39.5 Å². The molecule has 8 nitrogen and oxygen atoms in total. The summed E-state index contributed by atoms with van der Waals surface area (Å²) in [5.74, 6) is -0.721. The van der Waals surface area contributed by atoms with Gasteiger partial charge in [-0.3, -0.25) is 0 Å². The third-order valence-corrected chi connectivity index (χ3v) is 7.17. The van der Waals surface area contributed by atoms with E-state index in [1.807, 2.05) is 13.8 Å². The van der Waals surface area contributed by atoms with Crippen LogP contribution in [0.3, 0.4) is 0 Å². The van der Waals surface area contributed by atoms with Gasteiger partial charge >= 0.3 is 5.97 Å². The monoisotopic (exact) mass is 484 g/mol. The van der Waals surface area contributed by atoms with Crippen molar-refractivity contribution in [2.24, 2.45) is 11.8 Å². The van der Waals surface area contributed by atoms with E-state index in [-0.39, 0.29) is 30.7 Å². The van der Waals surface area contributed by atoms with Gasteiger partial charge in [0, 0.05) is 24.3 Å². The minimum atomic E-state index is -1.09. The Morgan fingerprint density at radius 1 is 0.971 bits per heavy atom. The van der Waals surface area contributed by atoms with Gasteiger partial charge in [0.05, 0.1) is 43.7 Å². The molecule has 8 atom stereocenters. The van der Waals surface area contributed by atoms with E-state index in [0.717, 1.165) is 44.8 Å². The Kier molecular flexibility index (Phi) is 12.7. The van der Waals surface area contributed by atoms with Crippen LogP contribution in [-0.4, -0.2) is 77.4 Å². The Morgan fingerprint density at radius 3 is 2.29 bits per heavy atom. The lowest BCUT2D eigenvalue weighted by molar-refractivity contribution is -0.171. The van der Waals surface area contributed by atoms with E-state index < -0.39 is 30.4 Å². The smallest absolute Gasteiger partial charge is 0.330 e. The van der Waals surface area contributed by atoms with E-state index in [9.17, 15) is 24.9 Å². The number of carbonyl (C=O) groups excluding carboxylic acids is 2. The summed E-state index contributed by atoms with van der Waals surface area (Å²) in [5, 5.41) is 31.6. The average molecular weight is 485 g/mol. The van der Waals surface area contributed by atoms with Crippen molar-refractivity contribution in [2.45, 2.75) is 115 Å². The fraction of sp³-hybridized carbons (Fsp3) is 0.846. The zero-order chi connectivity index (χ0) is 25.1. The number of esters is 1. The van der Waals surface area contributed by atoms with Crippen molar-refractivity contribution in [3.63, 3.8) is 0 Å². The van der Waals surface area contributed by atoms with Gasteiger partial charge in [0.25, 0.3) is 0 Å². The normalized spacial score (nSPS) is 34.2. The predicted octanol–water partition coefficient (Wildman–Crippen LogP) is 2.71. The molecule has 34 heavy (non-hydrogen) atoms. The lowest BCUT2D eigenvalue weighted by Gasteiger charge is -2.39. The summed E-state index contributed by atoms with van der Waals surface area (Å²) in [7, 11) is 0. The maximum Gasteiger partial charge on any atom is 0.330 e. The maximum atomic E-state index is 12.1. The molecule has 2 heterocycles. The van der Waals surface area contributed by atoms with Gasteiger partial charge in [0.1, 0.15) is 12.4 Å². The Hall–Kier alpha value is -1.32. The zero-order valence-electron chi connectivity index (χ0n) is 20.9. The first-order valence-corrected chi connectivity index (χ1v) is 12.8. The molecule has 3 N–H and O–H groups in total. The molecule has 0 spiro atoms. The quantitative estimate of drug-likeness (QED) is 0.149. The summed E-state index contributed by atoms with van der Waals surface area (Å²) in [6, 6.07) is 0. The Morgan fingerprint density at radius 2 is 1.65 bits per heavy atom. The van der Waals surface area contributed by atoms with Crippen LogP contribution in [0.25, 0.3) is 0 Å². The van der Waals surface area contributed by atoms with Gasteiger partial charge in [0.2, 0.25) is 0 Å². The Bertz CT molecular complexity index is 651. The molecule has 0 aliphatic carbocycles. The number of aliphatic hydroxyl groups excluding tert-OH is 3. The molecule has 0 aromatic heterocycles. The standard InChI is InChI=1S/C26H44O8/c1-17(14-23(28)32-12-10-8-6-4-5-7-9-11-27)13-21-26(31)25(30)20(16-33-21)15-22-24(29)18(2)19(3)34-22/h11,14,18-22,24-26,29-31H,4-10,12-13,15-16H2,1-3H3/b17-14+/t18?,19?,20-,21-,22?,24?,25+,26-/m0/s1. The van der Waals surface area contributed by atoms with Crippen molar-refractivity contribution in [1.29, 1.82) is 0 Å². The molecule has 8 heteroatoms. The summed E-state index contributed by atoms with van der Waals surface area (Å²) in [6.07, 6.45) is 5.97. The molecule has 0 aromatic carbocycles. The minimum absolute atomic E-state index is 0.0242. The van der Waals surface area contributed by atoms with Gasteiger partial charge in [-0.1, -0.05) is 38.2 Å². The highest BCUT2D eigenvalue weighted by atomic mass is 16.5.